The highest BCUT2D eigenvalue weighted by atomic mass is 35.5. The van der Waals surface area contributed by atoms with Crippen LogP contribution in [-0.2, 0) is 9.59 Å². The molecule has 2 aromatic carbocycles. The fraction of sp³-hybridized carbons (Fsp3) is 0.385. The summed E-state index contributed by atoms with van der Waals surface area (Å²) in [5, 5.41) is 13.8. The topological polar surface area (TPSA) is 74.1 Å². The first kappa shape index (κ1) is 24.8. The van der Waals surface area contributed by atoms with Crippen LogP contribution < -0.4 is 14.7 Å². The van der Waals surface area contributed by atoms with Gasteiger partial charge in [-0.1, -0.05) is 53.8 Å². The molecule has 0 aliphatic carbocycles. The maximum atomic E-state index is 13.5. The molecule has 1 N–H and O–H groups in total. The van der Waals surface area contributed by atoms with Crippen molar-refractivity contribution in [3.05, 3.63) is 70.3 Å². The van der Waals surface area contributed by atoms with E-state index < -0.39 is 23.5 Å². The summed E-state index contributed by atoms with van der Waals surface area (Å²) in [6.07, 6.45) is 0.746. The third-order valence-corrected chi connectivity index (χ3v) is 6.36. The van der Waals surface area contributed by atoms with Gasteiger partial charge in [-0.25, -0.2) is 0 Å². The van der Waals surface area contributed by atoms with E-state index in [0.29, 0.717) is 18.9 Å². The van der Waals surface area contributed by atoms with E-state index in [4.69, 9.17) is 16.3 Å². The van der Waals surface area contributed by atoms with Gasteiger partial charge in [0.15, 0.2) is 0 Å². The van der Waals surface area contributed by atoms with E-state index in [9.17, 15) is 14.7 Å². The number of quaternary nitrogens is 1. The lowest BCUT2D eigenvalue weighted by Gasteiger charge is -2.28. The Morgan fingerprint density at radius 3 is 2.39 bits per heavy atom. The summed E-state index contributed by atoms with van der Waals surface area (Å²) < 4.78 is 5.44. The molecular weight excluding hydrogens is 440 g/mol. The highest BCUT2D eigenvalue weighted by Gasteiger charge is 2.43. The van der Waals surface area contributed by atoms with Crippen LogP contribution in [0.25, 0.3) is 5.76 Å². The molecule has 0 saturated carbocycles. The van der Waals surface area contributed by atoms with E-state index >= 15 is 0 Å². The number of ether oxygens (including phenoxy) is 1. The van der Waals surface area contributed by atoms with Crippen LogP contribution in [0.1, 0.15) is 44.4 Å². The van der Waals surface area contributed by atoms with Crippen LogP contribution in [0.2, 0.25) is 5.02 Å². The molecule has 7 heteroatoms. The van der Waals surface area contributed by atoms with Gasteiger partial charge in [0.25, 0.3) is 5.91 Å². The summed E-state index contributed by atoms with van der Waals surface area (Å²) in [5.41, 5.74) is 0.976. The molecule has 6 nitrogen and oxygen atoms in total. The van der Waals surface area contributed by atoms with Gasteiger partial charge in [0.2, 0.25) is 5.78 Å². The first-order valence-corrected chi connectivity index (χ1v) is 11.9. The molecular formula is C26H31ClN2O4. The van der Waals surface area contributed by atoms with Gasteiger partial charge in [-0.2, -0.15) is 0 Å². The minimum atomic E-state index is -0.742. The van der Waals surface area contributed by atoms with Gasteiger partial charge in [-0.15, -0.1) is 0 Å². The van der Waals surface area contributed by atoms with Crippen molar-refractivity contribution < 1.29 is 24.3 Å². The molecule has 1 aliphatic heterocycles. The molecule has 1 aliphatic rings. The van der Waals surface area contributed by atoms with Gasteiger partial charge in [0.1, 0.15) is 5.75 Å². The van der Waals surface area contributed by atoms with Crippen LogP contribution in [0.4, 0.5) is 0 Å². The number of amides is 1. The van der Waals surface area contributed by atoms with Crippen molar-refractivity contribution in [2.75, 3.05) is 32.8 Å². The largest absolute Gasteiger partial charge is 0.872 e. The molecule has 3 rings (SSSR count). The Morgan fingerprint density at radius 2 is 1.79 bits per heavy atom. The Morgan fingerprint density at radius 1 is 1.09 bits per heavy atom. The summed E-state index contributed by atoms with van der Waals surface area (Å²) in [5.74, 6) is -1.38. The Hall–Kier alpha value is -2.83. The van der Waals surface area contributed by atoms with Crippen molar-refractivity contribution in [3.8, 4) is 5.75 Å². The van der Waals surface area contributed by atoms with E-state index in [1.807, 2.05) is 37.3 Å². The van der Waals surface area contributed by atoms with E-state index in [0.717, 1.165) is 31.6 Å². The molecule has 0 bridgehead atoms. The molecule has 1 amide bonds. The second-order valence-electron chi connectivity index (χ2n) is 8.02. The molecule has 2 aromatic rings. The minimum Gasteiger partial charge on any atom is -0.872 e. The maximum absolute atomic E-state index is 13.5. The number of halogens is 1. The van der Waals surface area contributed by atoms with Crippen molar-refractivity contribution in [2.45, 2.75) is 33.2 Å². The Kier molecular flexibility index (Phi) is 8.53. The van der Waals surface area contributed by atoms with Gasteiger partial charge in [-0.05, 0) is 44.0 Å². The molecule has 176 valence electrons. The fourth-order valence-corrected chi connectivity index (χ4v) is 4.49. The van der Waals surface area contributed by atoms with Crippen molar-refractivity contribution >= 4 is 29.1 Å². The van der Waals surface area contributed by atoms with Crippen molar-refractivity contribution in [1.29, 1.82) is 0 Å². The Bertz CT molecular complexity index is 1020. The number of nitrogens with zero attached hydrogens (tertiary/aromatic N) is 1. The van der Waals surface area contributed by atoms with Crippen molar-refractivity contribution in [3.63, 3.8) is 0 Å². The highest BCUT2D eigenvalue weighted by molar-refractivity contribution is 6.46. The van der Waals surface area contributed by atoms with Gasteiger partial charge >= 0.3 is 0 Å². The zero-order chi connectivity index (χ0) is 24.0. The summed E-state index contributed by atoms with van der Waals surface area (Å²) in [6.45, 7) is 9.84. The predicted molar refractivity (Wildman–Crippen MR) is 127 cm³/mol. The van der Waals surface area contributed by atoms with Crippen LogP contribution in [0.5, 0.6) is 5.75 Å². The van der Waals surface area contributed by atoms with Gasteiger partial charge in [-0.3, -0.25) is 9.59 Å². The van der Waals surface area contributed by atoms with Crippen LogP contribution in [-0.4, -0.2) is 49.4 Å². The van der Waals surface area contributed by atoms with Gasteiger partial charge in [0.05, 0.1) is 37.3 Å². The second-order valence-corrected chi connectivity index (χ2v) is 8.43. The first-order chi connectivity index (χ1) is 15.9. The number of hydrogen-bond acceptors (Lipinski definition) is 4. The fourth-order valence-electron chi connectivity index (χ4n) is 4.26. The number of rotatable bonds is 10. The molecule has 1 atom stereocenters. The number of likely N-dealkylation sites (tertiary alicyclic amines) is 1. The predicted octanol–water partition coefficient (Wildman–Crippen LogP) is 2.28. The molecule has 0 radical (unpaired) electrons. The smallest absolute Gasteiger partial charge is 0.295 e. The third-order valence-electron chi connectivity index (χ3n) is 6.07. The minimum absolute atomic E-state index is 0.0263. The summed E-state index contributed by atoms with van der Waals surface area (Å²) >= 11 is 6.28. The van der Waals surface area contributed by atoms with E-state index in [2.05, 4.69) is 13.8 Å². The SMILES string of the molecule is CCOc1ccc(C([O-])=C2C(=O)C(=O)N(CCC[NH+](CC)CC)C2c2ccccc2)cc1Cl. The lowest BCUT2D eigenvalue weighted by atomic mass is 9.95. The standard InChI is InChI=1S/C26H31ClN2O4/c1-4-28(5-2)15-10-16-29-23(18-11-8-7-9-12-18)22(25(31)26(29)32)24(30)19-13-14-21(33-6-3)20(27)17-19/h7-9,11-14,17,23,30H,4-6,10,15-16H2,1-3H3. The lowest BCUT2D eigenvalue weighted by molar-refractivity contribution is -0.896. The number of ketones is 1. The highest BCUT2D eigenvalue weighted by Crippen LogP contribution is 2.39. The number of benzene rings is 2. The molecule has 1 unspecified atom stereocenters. The molecule has 0 spiro atoms. The zero-order valence-corrected chi connectivity index (χ0v) is 20.2. The number of Topliss-reactive ketones (excluding diaryl/α,β-unsaturated/α-hetero) is 1. The van der Waals surface area contributed by atoms with E-state index in [1.165, 1.54) is 11.0 Å². The number of nitrogens with one attached hydrogen (secondary N) is 1. The molecule has 0 aromatic heterocycles. The average molecular weight is 471 g/mol. The molecule has 33 heavy (non-hydrogen) atoms. The molecule has 1 saturated heterocycles. The van der Waals surface area contributed by atoms with Crippen molar-refractivity contribution in [1.82, 2.24) is 4.90 Å². The lowest BCUT2D eigenvalue weighted by Crippen LogP contribution is -3.11. The van der Waals surface area contributed by atoms with E-state index in [1.54, 1.807) is 17.0 Å². The third kappa shape index (κ3) is 5.40. The number of carbonyl (C=O) groups is 2. The quantitative estimate of drug-likeness (QED) is 0.328. The maximum Gasteiger partial charge on any atom is 0.295 e. The van der Waals surface area contributed by atoms with Crippen molar-refractivity contribution in [2.24, 2.45) is 0 Å². The monoisotopic (exact) mass is 470 g/mol. The normalized spacial score (nSPS) is 17.7. The summed E-state index contributed by atoms with van der Waals surface area (Å²) in [6, 6.07) is 13.2. The van der Waals surface area contributed by atoms with Crippen LogP contribution >= 0.6 is 11.6 Å². The Labute approximate surface area is 200 Å². The zero-order valence-electron chi connectivity index (χ0n) is 19.4. The van der Waals surface area contributed by atoms with Crippen LogP contribution in [0.15, 0.2) is 54.1 Å². The summed E-state index contributed by atoms with van der Waals surface area (Å²) in [7, 11) is 0. The van der Waals surface area contributed by atoms with E-state index in [-0.39, 0.29) is 16.2 Å². The average Bonchev–Trinajstić information content (AvgIpc) is 3.08. The molecule has 1 heterocycles. The summed E-state index contributed by atoms with van der Waals surface area (Å²) in [4.78, 5) is 29.0. The number of carbonyl (C=O) groups excluding carboxylic acids is 2. The van der Waals surface area contributed by atoms with Crippen LogP contribution in [0, 0.1) is 0 Å². The van der Waals surface area contributed by atoms with Crippen LogP contribution in [0.3, 0.4) is 0 Å². The van der Waals surface area contributed by atoms with Gasteiger partial charge < -0.3 is 19.6 Å². The Balaban J connectivity index is 2.01. The van der Waals surface area contributed by atoms with Gasteiger partial charge in [0, 0.05) is 18.5 Å². The second kappa shape index (κ2) is 11.3. The molecule has 1 fully saturated rings. The number of hydrogen-bond donors (Lipinski definition) is 1. The first-order valence-electron chi connectivity index (χ1n) is 11.5.